The monoisotopic (exact) mass is 295 g/mol. The van der Waals surface area contributed by atoms with Crippen molar-refractivity contribution in [2.75, 3.05) is 13.2 Å². The highest BCUT2D eigenvalue weighted by Gasteiger charge is 2.23. The Labute approximate surface area is 125 Å². The highest BCUT2D eigenvalue weighted by Crippen LogP contribution is 2.38. The predicted molar refractivity (Wildman–Crippen MR) is 80.7 cm³/mol. The van der Waals surface area contributed by atoms with E-state index >= 15 is 0 Å². The number of ether oxygens (including phenoxy) is 2. The summed E-state index contributed by atoms with van der Waals surface area (Å²) >= 11 is 6.30. The lowest BCUT2D eigenvalue weighted by Gasteiger charge is -2.32. The third kappa shape index (κ3) is 3.04. The Bertz CT molecular complexity index is 474. The molecule has 3 nitrogen and oxygen atoms in total. The summed E-state index contributed by atoms with van der Waals surface area (Å²) < 4.78 is 11.4. The first-order chi connectivity index (χ1) is 9.74. The molecule has 1 atom stereocenters. The lowest BCUT2D eigenvalue weighted by atomic mass is 9.80. The summed E-state index contributed by atoms with van der Waals surface area (Å²) in [5.74, 6) is 2.31. The number of nitrogens with one attached hydrogen (secondary N) is 1. The molecule has 1 unspecified atom stereocenters. The van der Waals surface area contributed by atoms with Crippen molar-refractivity contribution >= 4 is 11.6 Å². The van der Waals surface area contributed by atoms with Gasteiger partial charge in [-0.3, -0.25) is 0 Å². The van der Waals surface area contributed by atoms with Crippen molar-refractivity contribution in [3.63, 3.8) is 0 Å². The quantitative estimate of drug-likeness (QED) is 0.917. The van der Waals surface area contributed by atoms with E-state index < -0.39 is 0 Å². The van der Waals surface area contributed by atoms with Crippen LogP contribution in [0.15, 0.2) is 12.1 Å². The number of hydrogen-bond acceptors (Lipinski definition) is 3. The van der Waals surface area contributed by atoms with E-state index in [0.717, 1.165) is 30.2 Å². The minimum absolute atomic E-state index is 0.568. The van der Waals surface area contributed by atoms with Crippen molar-refractivity contribution < 1.29 is 9.47 Å². The Morgan fingerprint density at radius 2 is 2.05 bits per heavy atom. The van der Waals surface area contributed by atoms with Crippen molar-refractivity contribution in [3.8, 4) is 11.5 Å². The summed E-state index contributed by atoms with van der Waals surface area (Å²) in [5, 5.41) is 4.25. The lowest BCUT2D eigenvalue weighted by Crippen LogP contribution is -2.36. The minimum atomic E-state index is 0.568. The van der Waals surface area contributed by atoms with Crippen LogP contribution < -0.4 is 14.8 Å². The van der Waals surface area contributed by atoms with E-state index in [1.165, 1.54) is 19.3 Å². The summed E-state index contributed by atoms with van der Waals surface area (Å²) in [6.45, 7) is 4.46. The SMILES string of the molecule is CC(NCc1cc(Cl)c2c(c1)OCCCO2)C1CCC1. The van der Waals surface area contributed by atoms with Gasteiger partial charge in [-0.05, 0) is 43.4 Å². The van der Waals surface area contributed by atoms with Crippen LogP contribution in [0, 0.1) is 5.92 Å². The van der Waals surface area contributed by atoms with Gasteiger partial charge in [-0.15, -0.1) is 0 Å². The van der Waals surface area contributed by atoms with Gasteiger partial charge in [0.1, 0.15) is 0 Å². The normalized spacial score (nSPS) is 20.1. The maximum Gasteiger partial charge on any atom is 0.179 e. The van der Waals surface area contributed by atoms with Gasteiger partial charge in [0.2, 0.25) is 0 Å². The van der Waals surface area contributed by atoms with Crippen molar-refractivity contribution in [2.45, 2.75) is 45.2 Å². The zero-order chi connectivity index (χ0) is 13.9. The van der Waals surface area contributed by atoms with Gasteiger partial charge in [-0.1, -0.05) is 18.0 Å². The second-order valence-electron chi connectivity index (χ2n) is 5.82. The Morgan fingerprint density at radius 3 is 2.80 bits per heavy atom. The standard InChI is InChI=1S/C16H22ClNO2/c1-11(13-4-2-5-13)18-10-12-8-14(17)16-15(9-12)19-6-3-7-20-16/h8-9,11,13,18H,2-7,10H2,1H3. The zero-order valence-electron chi connectivity index (χ0n) is 12.0. The minimum Gasteiger partial charge on any atom is -0.489 e. The lowest BCUT2D eigenvalue weighted by molar-refractivity contribution is 0.240. The summed E-state index contributed by atoms with van der Waals surface area (Å²) in [6, 6.07) is 4.60. The maximum absolute atomic E-state index is 6.30. The summed E-state index contributed by atoms with van der Waals surface area (Å²) in [4.78, 5) is 0. The van der Waals surface area contributed by atoms with Crippen LogP contribution >= 0.6 is 11.6 Å². The van der Waals surface area contributed by atoms with Gasteiger partial charge in [0.05, 0.1) is 18.2 Å². The first-order valence-corrected chi connectivity index (χ1v) is 7.93. The first-order valence-electron chi connectivity index (χ1n) is 7.55. The third-order valence-corrected chi connectivity index (χ3v) is 4.63. The molecule has 1 saturated carbocycles. The zero-order valence-corrected chi connectivity index (χ0v) is 12.7. The molecule has 1 aliphatic carbocycles. The molecule has 0 amide bonds. The third-order valence-electron chi connectivity index (χ3n) is 4.35. The van der Waals surface area contributed by atoms with Crippen LogP contribution in [0.3, 0.4) is 0 Å². The van der Waals surface area contributed by atoms with E-state index in [1.54, 1.807) is 0 Å². The molecule has 1 N–H and O–H groups in total. The van der Waals surface area contributed by atoms with Crippen LogP contribution in [0.5, 0.6) is 11.5 Å². The van der Waals surface area contributed by atoms with Gasteiger partial charge in [0.15, 0.2) is 11.5 Å². The summed E-state index contributed by atoms with van der Waals surface area (Å²) in [7, 11) is 0. The van der Waals surface area contributed by atoms with Gasteiger partial charge in [0.25, 0.3) is 0 Å². The fraction of sp³-hybridized carbons (Fsp3) is 0.625. The van der Waals surface area contributed by atoms with Crippen LogP contribution in [-0.4, -0.2) is 19.3 Å². The van der Waals surface area contributed by atoms with Gasteiger partial charge in [-0.25, -0.2) is 0 Å². The molecule has 1 aliphatic heterocycles. The molecule has 0 aromatic heterocycles. The topological polar surface area (TPSA) is 30.5 Å². The van der Waals surface area contributed by atoms with E-state index in [-0.39, 0.29) is 0 Å². The van der Waals surface area contributed by atoms with Gasteiger partial charge in [0, 0.05) is 19.0 Å². The molecule has 0 radical (unpaired) electrons. The van der Waals surface area contributed by atoms with Crippen LogP contribution in [0.25, 0.3) is 0 Å². The summed E-state index contributed by atoms with van der Waals surface area (Å²) in [5.41, 5.74) is 1.16. The Hall–Kier alpha value is -0.930. The number of benzene rings is 1. The van der Waals surface area contributed by atoms with Crippen LogP contribution in [0.1, 0.15) is 38.2 Å². The predicted octanol–water partition coefficient (Wildman–Crippen LogP) is 3.78. The van der Waals surface area contributed by atoms with Crippen molar-refractivity contribution in [3.05, 3.63) is 22.7 Å². The molecule has 1 aromatic rings. The molecule has 2 aliphatic rings. The number of rotatable bonds is 4. The highest BCUT2D eigenvalue weighted by molar-refractivity contribution is 6.32. The van der Waals surface area contributed by atoms with Gasteiger partial charge >= 0.3 is 0 Å². The van der Waals surface area contributed by atoms with E-state index in [4.69, 9.17) is 21.1 Å². The Balaban J connectivity index is 1.67. The maximum atomic E-state index is 6.30. The molecule has 3 rings (SSSR count). The number of fused-ring (bicyclic) bond motifs is 1. The van der Waals surface area contributed by atoms with E-state index in [0.29, 0.717) is 30.0 Å². The molecule has 1 heterocycles. The van der Waals surface area contributed by atoms with Crippen LogP contribution in [0.4, 0.5) is 0 Å². The van der Waals surface area contributed by atoms with Crippen LogP contribution in [-0.2, 0) is 6.54 Å². The molecule has 20 heavy (non-hydrogen) atoms. The average molecular weight is 296 g/mol. The molecular weight excluding hydrogens is 274 g/mol. The molecule has 110 valence electrons. The molecule has 4 heteroatoms. The van der Waals surface area contributed by atoms with E-state index in [2.05, 4.69) is 12.2 Å². The van der Waals surface area contributed by atoms with Gasteiger partial charge in [-0.2, -0.15) is 0 Å². The molecular formula is C16H22ClNO2. The molecule has 1 aromatic carbocycles. The van der Waals surface area contributed by atoms with Crippen molar-refractivity contribution in [1.29, 1.82) is 0 Å². The molecule has 0 bridgehead atoms. The largest absolute Gasteiger partial charge is 0.489 e. The summed E-state index contributed by atoms with van der Waals surface area (Å²) in [6.07, 6.45) is 5.00. The molecule has 0 spiro atoms. The van der Waals surface area contributed by atoms with Crippen molar-refractivity contribution in [2.24, 2.45) is 5.92 Å². The van der Waals surface area contributed by atoms with Gasteiger partial charge < -0.3 is 14.8 Å². The Kier molecular flexibility index (Phi) is 4.37. The molecule has 0 saturated heterocycles. The number of halogens is 1. The second-order valence-corrected chi connectivity index (χ2v) is 6.22. The average Bonchev–Trinajstić information content (AvgIpc) is 2.60. The first kappa shape index (κ1) is 14.0. The second kappa shape index (κ2) is 6.23. The number of hydrogen-bond donors (Lipinski definition) is 1. The van der Waals surface area contributed by atoms with Crippen molar-refractivity contribution in [1.82, 2.24) is 5.32 Å². The van der Waals surface area contributed by atoms with Crippen LogP contribution in [0.2, 0.25) is 5.02 Å². The van der Waals surface area contributed by atoms with E-state index in [1.807, 2.05) is 12.1 Å². The Morgan fingerprint density at radius 1 is 1.25 bits per heavy atom. The molecule has 1 fully saturated rings. The fourth-order valence-corrected chi connectivity index (χ4v) is 3.06. The highest BCUT2D eigenvalue weighted by atomic mass is 35.5. The smallest absolute Gasteiger partial charge is 0.179 e. The van der Waals surface area contributed by atoms with E-state index in [9.17, 15) is 0 Å². The fourth-order valence-electron chi connectivity index (χ4n) is 2.77.